The molecule has 0 saturated carbocycles. The molecule has 0 radical (unpaired) electrons. The Morgan fingerprint density at radius 1 is 0.804 bits per heavy atom. The number of methoxy groups -OCH3 is 2. The molecule has 0 spiro atoms. The SMILES string of the molecule is COc1ccc(C(OC[C@H]2O[C@@H](n3cc(C)c(=O)[nH]c3=O)C[C@@H]2OP(OC(=O)C(C)(C)C)Oc2ccc(C)cc2)(c2ccccc2)c2ccc(OC)cc2)cc1. The number of nitrogens with zero attached hydrogens (tertiary/aromatic N) is 1. The lowest BCUT2D eigenvalue weighted by atomic mass is 9.80. The van der Waals surface area contributed by atoms with Crippen LogP contribution in [-0.2, 0) is 28.9 Å². The second kappa shape index (κ2) is 17.3. The lowest BCUT2D eigenvalue weighted by Gasteiger charge is -2.37. The molecule has 5 aromatic rings. The molecule has 12 nitrogen and oxygen atoms in total. The van der Waals surface area contributed by atoms with Crippen molar-refractivity contribution >= 4 is 14.6 Å². The Morgan fingerprint density at radius 2 is 1.36 bits per heavy atom. The van der Waals surface area contributed by atoms with Gasteiger partial charge in [0.1, 0.15) is 41.3 Å². The number of H-pyrrole nitrogens is 1. The molecule has 0 bridgehead atoms. The number of rotatable bonds is 14. The molecule has 0 amide bonds. The minimum Gasteiger partial charge on any atom is -0.497 e. The summed E-state index contributed by atoms with van der Waals surface area (Å²) in [4.78, 5) is 41.1. The Labute approximate surface area is 327 Å². The van der Waals surface area contributed by atoms with Crippen LogP contribution in [0.1, 0.15) is 61.2 Å². The number of aromatic amines is 1. The van der Waals surface area contributed by atoms with Gasteiger partial charge in [0.25, 0.3) is 5.56 Å². The van der Waals surface area contributed by atoms with Crippen molar-refractivity contribution in [3.63, 3.8) is 0 Å². The van der Waals surface area contributed by atoms with Crippen LogP contribution in [-0.4, -0.2) is 48.6 Å². The zero-order chi connectivity index (χ0) is 40.0. The molecule has 1 N–H and O–H groups in total. The average Bonchev–Trinajstić information content (AvgIpc) is 3.59. The Hall–Kier alpha value is -5.26. The minimum absolute atomic E-state index is 0.0634. The van der Waals surface area contributed by atoms with Gasteiger partial charge in [-0.2, -0.15) is 0 Å². The van der Waals surface area contributed by atoms with E-state index in [1.54, 1.807) is 54.0 Å². The van der Waals surface area contributed by atoms with E-state index in [0.717, 1.165) is 22.3 Å². The zero-order valence-electron chi connectivity index (χ0n) is 32.5. The maximum atomic E-state index is 13.3. The lowest BCUT2D eigenvalue weighted by molar-refractivity contribution is -0.144. The number of hydrogen-bond donors (Lipinski definition) is 1. The Morgan fingerprint density at radius 3 is 1.91 bits per heavy atom. The number of nitrogens with one attached hydrogen (secondary N) is 1. The molecule has 1 aliphatic rings. The summed E-state index contributed by atoms with van der Waals surface area (Å²) in [5, 5.41) is 0. The minimum atomic E-state index is -2.33. The van der Waals surface area contributed by atoms with E-state index in [1.165, 1.54) is 10.8 Å². The molecule has 1 fully saturated rings. The molecule has 1 aromatic heterocycles. The summed E-state index contributed by atoms with van der Waals surface area (Å²) in [6, 6.07) is 32.4. The second-order valence-corrected chi connectivity index (χ2v) is 15.6. The molecular formula is C43H47N2O10P. The van der Waals surface area contributed by atoms with E-state index in [2.05, 4.69) is 4.98 Å². The molecule has 4 aromatic carbocycles. The molecule has 13 heteroatoms. The van der Waals surface area contributed by atoms with Crippen LogP contribution in [0.5, 0.6) is 17.2 Å². The average molecular weight is 783 g/mol. The summed E-state index contributed by atoms with van der Waals surface area (Å²) < 4.78 is 44.8. The number of benzene rings is 4. The number of hydrogen-bond acceptors (Lipinski definition) is 10. The van der Waals surface area contributed by atoms with Crippen molar-refractivity contribution in [2.24, 2.45) is 5.41 Å². The van der Waals surface area contributed by atoms with Gasteiger partial charge in [-0.05, 0) is 87.7 Å². The highest BCUT2D eigenvalue weighted by Crippen LogP contribution is 2.48. The van der Waals surface area contributed by atoms with Crippen LogP contribution in [0.15, 0.2) is 119 Å². The zero-order valence-corrected chi connectivity index (χ0v) is 33.4. The fraction of sp³-hybridized carbons (Fsp3) is 0.326. The molecule has 1 saturated heterocycles. The maximum Gasteiger partial charge on any atom is 0.465 e. The summed E-state index contributed by atoms with van der Waals surface area (Å²) >= 11 is 0. The van der Waals surface area contributed by atoms with Crippen LogP contribution < -0.4 is 25.2 Å². The first kappa shape index (κ1) is 40.4. The molecule has 1 unspecified atom stereocenters. The highest BCUT2D eigenvalue weighted by atomic mass is 31.2. The number of carbonyl (C=O) groups excluding carboxylic acids is 1. The van der Waals surface area contributed by atoms with Gasteiger partial charge in [-0.1, -0.05) is 72.3 Å². The van der Waals surface area contributed by atoms with Crippen molar-refractivity contribution in [2.75, 3.05) is 20.8 Å². The second-order valence-electron chi connectivity index (χ2n) is 14.6. The Bertz CT molecular complexity index is 2150. The molecule has 294 valence electrons. The van der Waals surface area contributed by atoms with Crippen LogP contribution in [0.25, 0.3) is 0 Å². The summed E-state index contributed by atoms with van der Waals surface area (Å²) in [5.74, 6) is 1.28. The topological polar surface area (TPSA) is 137 Å². The molecular weight excluding hydrogens is 735 g/mol. The molecule has 6 rings (SSSR count). The van der Waals surface area contributed by atoms with E-state index in [-0.39, 0.29) is 13.0 Å². The standard InChI is InChI=1S/C43H47N2O10P/c1-28-13-19-35(20-14-28)53-56(55-40(47)42(3,4)5)54-36-25-38(45-26-29(2)39(46)44-41(45)48)52-37(36)27-51-43(30-11-9-8-10-12-30,31-15-21-33(49-6)22-16-31)32-17-23-34(50-7)24-18-32/h8-24,26,36-38H,25,27H2,1-7H3,(H,44,46,48)/t36-,37+,38+,56?/m0/s1. The summed E-state index contributed by atoms with van der Waals surface area (Å²) in [6.07, 6.45) is -0.937. The third-order valence-corrected chi connectivity index (χ3v) is 10.6. The Balaban J connectivity index is 1.42. The van der Waals surface area contributed by atoms with Crippen molar-refractivity contribution < 1.29 is 37.3 Å². The van der Waals surface area contributed by atoms with Crippen molar-refractivity contribution in [1.82, 2.24) is 9.55 Å². The van der Waals surface area contributed by atoms with Crippen molar-refractivity contribution in [1.29, 1.82) is 0 Å². The van der Waals surface area contributed by atoms with Gasteiger partial charge >= 0.3 is 20.3 Å². The predicted molar refractivity (Wildman–Crippen MR) is 212 cm³/mol. The number of aromatic nitrogens is 2. The molecule has 0 aliphatic carbocycles. The van der Waals surface area contributed by atoms with Gasteiger partial charge < -0.3 is 28.0 Å². The van der Waals surface area contributed by atoms with Crippen molar-refractivity contribution in [3.8, 4) is 17.2 Å². The summed E-state index contributed by atoms with van der Waals surface area (Å²) in [7, 11) is 0.885. The number of carbonyl (C=O) groups is 1. The fourth-order valence-corrected chi connectivity index (χ4v) is 7.55. The summed E-state index contributed by atoms with van der Waals surface area (Å²) in [5.41, 5.74) is 0.609. The van der Waals surface area contributed by atoms with Crippen LogP contribution >= 0.6 is 8.60 Å². The largest absolute Gasteiger partial charge is 0.497 e. The van der Waals surface area contributed by atoms with Gasteiger partial charge in [0, 0.05) is 18.2 Å². The van der Waals surface area contributed by atoms with Gasteiger partial charge in [0.15, 0.2) is 0 Å². The van der Waals surface area contributed by atoms with E-state index in [4.69, 9.17) is 32.5 Å². The third kappa shape index (κ3) is 9.06. The fourth-order valence-electron chi connectivity index (χ4n) is 6.28. The van der Waals surface area contributed by atoms with E-state index in [9.17, 15) is 14.4 Å². The van der Waals surface area contributed by atoms with Crippen LogP contribution in [0.4, 0.5) is 0 Å². The van der Waals surface area contributed by atoms with Crippen LogP contribution in [0.3, 0.4) is 0 Å². The highest BCUT2D eigenvalue weighted by Gasteiger charge is 2.45. The number of ether oxygens (including phenoxy) is 4. The first-order chi connectivity index (χ1) is 26.8. The van der Waals surface area contributed by atoms with Gasteiger partial charge in [0.05, 0.1) is 26.2 Å². The predicted octanol–water partition coefficient (Wildman–Crippen LogP) is 7.75. The normalized spacial score (nSPS) is 17.6. The van der Waals surface area contributed by atoms with Crippen LogP contribution in [0, 0.1) is 19.3 Å². The van der Waals surface area contributed by atoms with E-state index < -0.39 is 55.3 Å². The quantitative estimate of drug-likeness (QED) is 0.0880. The molecule has 56 heavy (non-hydrogen) atoms. The maximum absolute atomic E-state index is 13.3. The highest BCUT2D eigenvalue weighted by molar-refractivity contribution is 7.42. The molecule has 1 aliphatic heterocycles. The van der Waals surface area contributed by atoms with Gasteiger partial charge in [-0.3, -0.25) is 23.7 Å². The smallest absolute Gasteiger partial charge is 0.465 e. The van der Waals surface area contributed by atoms with Gasteiger partial charge in [-0.25, -0.2) is 4.79 Å². The van der Waals surface area contributed by atoms with E-state index in [0.29, 0.717) is 22.8 Å². The first-order valence-electron chi connectivity index (χ1n) is 18.2. The lowest BCUT2D eigenvalue weighted by Crippen LogP contribution is -2.38. The van der Waals surface area contributed by atoms with Gasteiger partial charge in [0.2, 0.25) is 0 Å². The van der Waals surface area contributed by atoms with Gasteiger partial charge in [-0.15, -0.1) is 0 Å². The number of aryl methyl sites for hydroxylation is 2. The molecule has 2 heterocycles. The first-order valence-corrected chi connectivity index (χ1v) is 19.3. The van der Waals surface area contributed by atoms with E-state index in [1.807, 2.05) is 97.9 Å². The molecule has 4 atom stereocenters. The van der Waals surface area contributed by atoms with E-state index >= 15 is 0 Å². The van der Waals surface area contributed by atoms with Crippen molar-refractivity contribution in [3.05, 3.63) is 158 Å². The van der Waals surface area contributed by atoms with Crippen molar-refractivity contribution in [2.45, 2.75) is 65.1 Å². The van der Waals surface area contributed by atoms with Crippen LogP contribution in [0.2, 0.25) is 0 Å². The summed E-state index contributed by atoms with van der Waals surface area (Å²) in [6.45, 7) is 8.73. The third-order valence-electron chi connectivity index (χ3n) is 9.47. The Kier molecular flexibility index (Phi) is 12.5. The monoisotopic (exact) mass is 782 g/mol.